The zero-order valence-electron chi connectivity index (χ0n) is 11.5. The number of nitrogens with two attached hydrogens (primary N) is 1. The maximum atomic E-state index is 6.15. The molecule has 0 saturated carbocycles. The van der Waals surface area contributed by atoms with Gasteiger partial charge in [0, 0.05) is 17.2 Å². The molecule has 2 N–H and O–H groups in total. The van der Waals surface area contributed by atoms with E-state index in [0.717, 1.165) is 22.4 Å². The first-order valence-electron chi connectivity index (χ1n) is 6.41. The molecule has 2 rings (SSSR count). The number of halogens is 2. The Labute approximate surface area is 129 Å². The lowest BCUT2D eigenvalue weighted by atomic mass is 10.1. The summed E-state index contributed by atoms with van der Waals surface area (Å²) in [5.74, 6) is 0.779. The molecule has 20 heavy (non-hydrogen) atoms. The second-order valence-corrected chi connectivity index (χ2v) is 5.62. The molecule has 0 aromatic heterocycles. The van der Waals surface area contributed by atoms with Gasteiger partial charge in [0.1, 0.15) is 12.4 Å². The number of benzene rings is 2. The molecule has 0 aliphatic rings. The van der Waals surface area contributed by atoms with E-state index in [1.807, 2.05) is 44.2 Å². The molecule has 0 amide bonds. The lowest BCUT2D eigenvalue weighted by Crippen LogP contribution is -2.08. The van der Waals surface area contributed by atoms with E-state index in [4.69, 9.17) is 33.7 Å². The summed E-state index contributed by atoms with van der Waals surface area (Å²) in [5, 5.41) is 1.06. The van der Waals surface area contributed by atoms with Gasteiger partial charge in [-0.3, -0.25) is 0 Å². The Hall–Kier alpha value is -1.22. The van der Waals surface area contributed by atoms with Gasteiger partial charge in [-0.1, -0.05) is 53.0 Å². The Morgan fingerprint density at radius 3 is 2.65 bits per heavy atom. The van der Waals surface area contributed by atoms with Crippen molar-refractivity contribution in [3.63, 3.8) is 0 Å². The van der Waals surface area contributed by atoms with Crippen LogP contribution < -0.4 is 10.5 Å². The summed E-state index contributed by atoms with van der Waals surface area (Å²) in [7, 11) is 0. The quantitative estimate of drug-likeness (QED) is 0.871. The van der Waals surface area contributed by atoms with Crippen LogP contribution >= 0.6 is 23.2 Å². The Balaban J connectivity index is 2.21. The first-order chi connectivity index (χ1) is 9.49. The molecule has 0 aliphatic carbocycles. The van der Waals surface area contributed by atoms with Gasteiger partial charge in [0.15, 0.2) is 0 Å². The first kappa shape index (κ1) is 15.2. The maximum absolute atomic E-state index is 6.15. The second kappa shape index (κ2) is 6.49. The Morgan fingerprint density at radius 1 is 1.20 bits per heavy atom. The molecule has 0 unspecified atom stereocenters. The maximum Gasteiger partial charge on any atom is 0.124 e. The molecule has 0 bridgehead atoms. The summed E-state index contributed by atoms with van der Waals surface area (Å²) in [4.78, 5) is 0. The minimum absolute atomic E-state index is 0.0836. The van der Waals surface area contributed by atoms with Gasteiger partial charge < -0.3 is 10.5 Å². The fourth-order valence-corrected chi connectivity index (χ4v) is 2.35. The predicted octanol–water partition coefficient (Wildman–Crippen LogP) is 4.90. The average Bonchev–Trinajstić information content (AvgIpc) is 2.41. The van der Waals surface area contributed by atoms with Gasteiger partial charge in [-0.05, 0) is 26.0 Å². The van der Waals surface area contributed by atoms with Crippen LogP contribution in [-0.4, -0.2) is 0 Å². The Morgan fingerprint density at radius 2 is 1.95 bits per heavy atom. The van der Waals surface area contributed by atoms with E-state index in [1.54, 1.807) is 6.07 Å². The number of hydrogen-bond acceptors (Lipinski definition) is 2. The van der Waals surface area contributed by atoms with E-state index < -0.39 is 0 Å². The first-order valence-corrected chi connectivity index (χ1v) is 7.16. The molecule has 0 fully saturated rings. The van der Waals surface area contributed by atoms with Crippen LogP contribution in [0.2, 0.25) is 10.0 Å². The third kappa shape index (κ3) is 3.45. The fraction of sp³-hybridized carbons (Fsp3) is 0.250. The standard InChI is InChI=1S/C16H17Cl2NO/c1-10-6-7-15(13(8-10)11(2)19)20-9-12-4-3-5-14(17)16(12)18/h3-8,11H,9,19H2,1-2H3/t11-/m1/s1. The molecule has 0 radical (unpaired) electrons. The fourth-order valence-electron chi connectivity index (χ4n) is 1.97. The van der Waals surface area contributed by atoms with E-state index >= 15 is 0 Å². The van der Waals surface area contributed by atoms with Gasteiger partial charge in [-0.15, -0.1) is 0 Å². The van der Waals surface area contributed by atoms with Crippen molar-refractivity contribution in [2.24, 2.45) is 5.73 Å². The van der Waals surface area contributed by atoms with Crippen molar-refractivity contribution >= 4 is 23.2 Å². The molecule has 2 aromatic rings. The molecule has 2 aromatic carbocycles. The SMILES string of the molecule is Cc1ccc(OCc2cccc(Cl)c2Cl)c([C@@H](C)N)c1. The van der Waals surface area contributed by atoms with Crippen molar-refractivity contribution in [2.75, 3.05) is 0 Å². The van der Waals surface area contributed by atoms with E-state index in [9.17, 15) is 0 Å². The van der Waals surface area contributed by atoms with Gasteiger partial charge in [0.25, 0.3) is 0 Å². The minimum Gasteiger partial charge on any atom is -0.489 e. The molecule has 1 atom stereocenters. The monoisotopic (exact) mass is 309 g/mol. The summed E-state index contributed by atoms with van der Waals surface area (Å²) >= 11 is 12.1. The van der Waals surface area contributed by atoms with E-state index in [1.165, 1.54) is 0 Å². The van der Waals surface area contributed by atoms with Crippen LogP contribution in [0.1, 0.15) is 29.7 Å². The largest absolute Gasteiger partial charge is 0.489 e. The highest BCUT2D eigenvalue weighted by molar-refractivity contribution is 6.42. The molecule has 106 valence electrons. The van der Waals surface area contributed by atoms with Gasteiger partial charge in [-0.2, -0.15) is 0 Å². The van der Waals surface area contributed by atoms with Crippen LogP contribution in [0.3, 0.4) is 0 Å². The van der Waals surface area contributed by atoms with Crippen molar-refractivity contribution in [1.29, 1.82) is 0 Å². The smallest absolute Gasteiger partial charge is 0.124 e. The van der Waals surface area contributed by atoms with Crippen LogP contribution in [0.4, 0.5) is 0 Å². The summed E-state index contributed by atoms with van der Waals surface area (Å²) in [6.07, 6.45) is 0. The lowest BCUT2D eigenvalue weighted by Gasteiger charge is -2.15. The van der Waals surface area contributed by atoms with Crippen LogP contribution in [0.5, 0.6) is 5.75 Å². The van der Waals surface area contributed by atoms with E-state index in [2.05, 4.69) is 0 Å². The van der Waals surface area contributed by atoms with Crippen LogP contribution in [0.25, 0.3) is 0 Å². The molecule has 2 nitrogen and oxygen atoms in total. The molecule has 0 heterocycles. The summed E-state index contributed by atoms with van der Waals surface area (Å²) in [6.45, 7) is 4.33. The minimum atomic E-state index is -0.0836. The molecular weight excluding hydrogens is 293 g/mol. The van der Waals surface area contributed by atoms with E-state index in [-0.39, 0.29) is 6.04 Å². The number of rotatable bonds is 4. The van der Waals surface area contributed by atoms with Crippen LogP contribution in [0, 0.1) is 6.92 Å². The van der Waals surface area contributed by atoms with Crippen molar-refractivity contribution in [1.82, 2.24) is 0 Å². The zero-order valence-corrected chi connectivity index (χ0v) is 13.0. The Kier molecular flexibility index (Phi) is 4.92. The number of hydrogen-bond donors (Lipinski definition) is 1. The van der Waals surface area contributed by atoms with Gasteiger partial charge in [-0.25, -0.2) is 0 Å². The third-order valence-electron chi connectivity index (χ3n) is 3.07. The summed E-state index contributed by atoms with van der Waals surface area (Å²) in [5.41, 5.74) is 8.98. The average molecular weight is 310 g/mol. The molecule has 0 saturated heterocycles. The molecular formula is C16H17Cl2NO. The van der Waals surface area contributed by atoms with E-state index in [0.29, 0.717) is 16.7 Å². The van der Waals surface area contributed by atoms with Gasteiger partial charge in [0.2, 0.25) is 0 Å². The van der Waals surface area contributed by atoms with Crippen molar-refractivity contribution in [2.45, 2.75) is 26.5 Å². The zero-order chi connectivity index (χ0) is 14.7. The summed E-state index contributed by atoms with van der Waals surface area (Å²) < 4.78 is 5.85. The van der Waals surface area contributed by atoms with Crippen molar-refractivity contribution in [3.05, 3.63) is 63.1 Å². The topological polar surface area (TPSA) is 35.2 Å². The highest BCUT2D eigenvalue weighted by Crippen LogP contribution is 2.29. The van der Waals surface area contributed by atoms with Gasteiger partial charge in [0.05, 0.1) is 10.0 Å². The van der Waals surface area contributed by atoms with Crippen LogP contribution in [0.15, 0.2) is 36.4 Å². The summed E-state index contributed by atoms with van der Waals surface area (Å²) in [6, 6.07) is 11.4. The predicted molar refractivity (Wildman–Crippen MR) is 84.6 cm³/mol. The highest BCUT2D eigenvalue weighted by Gasteiger charge is 2.10. The third-order valence-corrected chi connectivity index (χ3v) is 3.93. The lowest BCUT2D eigenvalue weighted by molar-refractivity contribution is 0.301. The van der Waals surface area contributed by atoms with Crippen LogP contribution in [-0.2, 0) is 6.61 Å². The molecule has 0 aliphatic heterocycles. The highest BCUT2D eigenvalue weighted by atomic mass is 35.5. The number of aryl methyl sites for hydroxylation is 1. The Bertz CT molecular complexity index is 611. The number of ether oxygens (including phenoxy) is 1. The van der Waals surface area contributed by atoms with Crippen molar-refractivity contribution < 1.29 is 4.74 Å². The van der Waals surface area contributed by atoms with Crippen molar-refractivity contribution in [3.8, 4) is 5.75 Å². The second-order valence-electron chi connectivity index (χ2n) is 4.83. The molecule has 4 heteroatoms. The molecule has 0 spiro atoms. The normalized spacial score (nSPS) is 12.2. The van der Waals surface area contributed by atoms with Gasteiger partial charge >= 0.3 is 0 Å².